The van der Waals surface area contributed by atoms with Crippen molar-refractivity contribution in [3.63, 3.8) is 0 Å². The second kappa shape index (κ2) is 10.4. The Kier molecular flexibility index (Phi) is 8.93. The highest BCUT2D eigenvalue weighted by Gasteiger charge is 2.21. The van der Waals surface area contributed by atoms with Gasteiger partial charge >= 0.3 is 0 Å². The van der Waals surface area contributed by atoms with Gasteiger partial charge in [-0.3, -0.25) is 10.3 Å². The second-order valence-corrected chi connectivity index (χ2v) is 6.49. The molecule has 1 saturated heterocycles. The molecule has 6 heteroatoms. The summed E-state index contributed by atoms with van der Waals surface area (Å²) in [5.74, 6) is 1.31. The number of amidine groups is 1. The largest absolute Gasteiger partial charge is 0.508 e. The summed E-state index contributed by atoms with van der Waals surface area (Å²) < 4.78 is 0. The molecular formula is C20H27Cl2N3O. The summed E-state index contributed by atoms with van der Waals surface area (Å²) in [6.45, 7) is 7.06. The first-order valence-corrected chi connectivity index (χ1v) is 8.53. The standard InChI is InChI=1S/C20H25N3O.2ClH/c1-16(17-5-3-2-4-6-17)15-22-11-13-23(14-12-22)20(21)18-7-9-19(24)10-8-18;;/h2-10,16,21,24H,11-15H2,1H3;2*1H. The van der Waals surface area contributed by atoms with Crippen molar-refractivity contribution in [2.24, 2.45) is 0 Å². The number of hydrogen-bond acceptors (Lipinski definition) is 3. The predicted molar refractivity (Wildman–Crippen MR) is 112 cm³/mol. The Labute approximate surface area is 168 Å². The molecule has 1 atom stereocenters. The highest BCUT2D eigenvalue weighted by atomic mass is 35.5. The van der Waals surface area contributed by atoms with E-state index in [-0.39, 0.29) is 30.6 Å². The molecule has 142 valence electrons. The van der Waals surface area contributed by atoms with E-state index in [1.807, 2.05) is 12.1 Å². The van der Waals surface area contributed by atoms with Gasteiger partial charge in [-0.1, -0.05) is 37.3 Å². The average molecular weight is 396 g/mol. The molecular weight excluding hydrogens is 369 g/mol. The molecule has 0 amide bonds. The van der Waals surface area contributed by atoms with Crippen LogP contribution < -0.4 is 0 Å². The molecule has 4 nitrogen and oxygen atoms in total. The lowest BCUT2D eigenvalue weighted by molar-refractivity contribution is 0.175. The van der Waals surface area contributed by atoms with Crippen LogP contribution in [0.5, 0.6) is 5.75 Å². The molecule has 1 aliphatic heterocycles. The molecule has 1 aliphatic rings. The molecule has 2 aromatic carbocycles. The number of rotatable bonds is 4. The molecule has 1 heterocycles. The minimum atomic E-state index is 0. The number of benzene rings is 2. The highest BCUT2D eigenvalue weighted by molar-refractivity contribution is 5.96. The van der Waals surface area contributed by atoms with Gasteiger partial charge in [-0.25, -0.2) is 0 Å². The van der Waals surface area contributed by atoms with Gasteiger partial charge in [0.15, 0.2) is 0 Å². The summed E-state index contributed by atoms with van der Waals surface area (Å²) in [6, 6.07) is 17.5. The fourth-order valence-electron chi connectivity index (χ4n) is 3.23. The van der Waals surface area contributed by atoms with E-state index < -0.39 is 0 Å². The average Bonchev–Trinajstić information content (AvgIpc) is 2.63. The zero-order chi connectivity index (χ0) is 16.9. The molecule has 0 saturated carbocycles. The van der Waals surface area contributed by atoms with Crippen molar-refractivity contribution in [3.05, 3.63) is 65.7 Å². The maximum atomic E-state index is 9.37. The number of phenols is 1. The van der Waals surface area contributed by atoms with Crippen molar-refractivity contribution in [3.8, 4) is 5.75 Å². The number of nitrogens with zero attached hydrogens (tertiary/aromatic N) is 2. The fourth-order valence-corrected chi connectivity index (χ4v) is 3.23. The smallest absolute Gasteiger partial charge is 0.128 e. The van der Waals surface area contributed by atoms with Crippen LogP contribution in [-0.4, -0.2) is 53.5 Å². The first-order chi connectivity index (χ1) is 11.6. The topological polar surface area (TPSA) is 50.6 Å². The van der Waals surface area contributed by atoms with E-state index in [0.29, 0.717) is 11.8 Å². The molecule has 2 N–H and O–H groups in total. The summed E-state index contributed by atoms with van der Waals surface area (Å²) in [5.41, 5.74) is 2.25. The maximum absolute atomic E-state index is 9.37. The minimum Gasteiger partial charge on any atom is -0.508 e. The van der Waals surface area contributed by atoms with Crippen LogP contribution in [0.4, 0.5) is 0 Å². The molecule has 2 aromatic rings. The van der Waals surface area contributed by atoms with Crippen molar-refractivity contribution in [2.75, 3.05) is 32.7 Å². The van der Waals surface area contributed by atoms with Crippen molar-refractivity contribution >= 4 is 30.6 Å². The highest BCUT2D eigenvalue weighted by Crippen LogP contribution is 2.18. The Morgan fingerprint density at radius 2 is 1.54 bits per heavy atom. The van der Waals surface area contributed by atoms with E-state index in [0.717, 1.165) is 38.3 Å². The summed E-state index contributed by atoms with van der Waals surface area (Å²) >= 11 is 0. The lowest BCUT2D eigenvalue weighted by atomic mass is 10.0. The number of piperazine rings is 1. The van der Waals surface area contributed by atoms with Gasteiger partial charge in [-0.15, -0.1) is 24.8 Å². The third kappa shape index (κ3) is 5.63. The van der Waals surface area contributed by atoms with Crippen molar-refractivity contribution in [2.45, 2.75) is 12.8 Å². The lowest BCUT2D eigenvalue weighted by Crippen LogP contribution is -2.49. The van der Waals surface area contributed by atoms with E-state index in [1.165, 1.54) is 5.56 Å². The minimum absolute atomic E-state index is 0. The number of hydrogen-bond donors (Lipinski definition) is 2. The number of halogens is 2. The Morgan fingerprint density at radius 3 is 2.12 bits per heavy atom. The van der Waals surface area contributed by atoms with Crippen LogP contribution in [0, 0.1) is 5.41 Å². The van der Waals surface area contributed by atoms with E-state index >= 15 is 0 Å². The van der Waals surface area contributed by atoms with Crippen LogP contribution in [0.1, 0.15) is 24.0 Å². The molecule has 0 bridgehead atoms. The fraction of sp³-hybridized carbons (Fsp3) is 0.350. The van der Waals surface area contributed by atoms with Crippen LogP contribution in [0.2, 0.25) is 0 Å². The van der Waals surface area contributed by atoms with Crippen LogP contribution in [-0.2, 0) is 0 Å². The van der Waals surface area contributed by atoms with Crippen LogP contribution >= 0.6 is 24.8 Å². The zero-order valence-electron chi connectivity index (χ0n) is 15.0. The summed E-state index contributed by atoms with van der Waals surface area (Å²) in [5, 5.41) is 17.7. The lowest BCUT2D eigenvalue weighted by Gasteiger charge is -2.37. The van der Waals surface area contributed by atoms with Gasteiger partial charge in [0.2, 0.25) is 0 Å². The van der Waals surface area contributed by atoms with Crippen LogP contribution in [0.15, 0.2) is 54.6 Å². The van der Waals surface area contributed by atoms with E-state index in [9.17, 15) is 5.11 Å². The molecule has 0 aromatic heterocycles. The van der Waals surface area contributed by atoms with Gasteiger partial charge in [-0.05, 0) is 35.7 Å². The van der Waals surface area contributed by atoms with E-state index in [4.69, 9.17) is 5.41 Å². The molecule has 3 rings (SSSR count). The first kappa shape index (κ1) is 22.3. The van der Waals surface area contributed by atoms with Gasteiger partial charge in [0.05, 0.1) is 0 Å². The normalized spacial score (nSPS) is 15.5. The van der Waals surface area contributed by atoms with Gasteiger partial charge < -0.3 is 10.0 Å². The molecule has 0 radical (unpaired) electrons. The number of phenolic OH excluding ortho intramolecular Hbond substituents is 1. The molecule has 1 fully saturated rings. The number of aromatic hydroxyl groups is 1. The van der Waals surface area contributed by atoms with E-state index in [1.54, 1.807) is 12.1 Å². The first-order valence-electron chi connectivity index (χ1n) is 8.53. The maximum Gasteiger partial charge on any atom is 0.128 e. The van der Waals surface area contributed by atoms with Gasteiger partial charge in [0.25, 0.3) is 0 Å². The second-order valence-electron chi connectivity index (χ2n) is 6.49. The SMILES string of the molecule is CC(CN1CCN(C(=N)c2ccc(O)cc2)CC1)c1ccccc1.Cl.Cl. The summed E-state index contributed by atoms with van der Waals surface area (Å²) in [7, 11) is 0. The van der Waals surface area contributed by atoms with Crippen LogP contribution in [0.25, 0.3) is 0 Å². The number of nitrogens with one attached hydrogen (secondary N) is 1. The Morgan fingerprint density at radius 1 is 0.962 bits per heavy atom. The third-order valence-corrected chi connectivity index (χ3v) is 4.73. The quantitative estimate of drug-likeness (QED) is 0.607. The summed E-state index contributed by atoms with van der Waals surface area (Å²) in [6.07, 6.45) is 0. The molecule has 0 aliphatic carbocycles. The Bertz CT molecular complexity index is 671. The van der Waals surface area contributed by atoms with Crippen LogP contribution in [0.3, 0.4) is 0 Å². The van der Waals surface area contributed by atoms with Gasteiger partial charge in [0.1, 0.15) is 11.6 Å². The molecule has 0 spiro atoms. The van der Waals surface area contributed by atoms with Gasteiger partial charge in [0, 0.05) is 38.3 Å². The van der Waals surface area contributed by atoms with E-state index in [2.05, 4.69) is 47.1 Å². The summed E-state index contributed by atoms with van der Waals surface area (Å²) in [4.78, 5) is 4.61. The van der Waals surface area contributed by atoms with Crippen molar-refractivity contribution in [1.29, 1.82) is 5.41 Å². The van der Waals surface area contributed by atoms with Gasteiger partial charge in [-0.2, -0.15) is 0 Å². The monoisotopic (exact) mass is 395 g/mol. The predicted octanol–water partition coefficient (Wildman–Crippen LogP) is 3.98. The molecule has 26 heavy (non-hydrogen) atoms. The third-order valence-electron chi connectivity index (χ3n) is 4.73. The Hall–Kier alpha value is -1.75. The zero-order valence-corrected chi connectivity index (χ0v) is 16.6. The van der Waals surface area contributed by atoms with Crippen molar-refractivity contribution < 1.29 is 5.11 Å². The molecule has 1 unspecified atom stereocenters. The van der Waals surface area contributed by atoms with Crippen molar-refractivity contribution in [1.82, 2.24) is 9.80 Å². The Balaban J connectivity index is 0.00000169.